The SMILES string of the molecule is CCc1cc(C(N)c2cnn(CC)c2)n(C)n1. The molecule has 0 amide bonds. The second kappa shape index (κ2) is 4.71. The molecule has 2 rings (SSSR count). The van der Waals surface area contributed by atoms with Gasteiger partial charge in [0.1, 0.15) is 0 Å². The Morgan fingerprint density at radius 1 is 1.41 bits per heavy atom. The molecular formula is C12H19N5. The van der Waals surface area contributed by atoms with Crippen molar-refractivity contribution < 1.29 is 0 Å². The van der Waals surface area contributed by atoms with E-state index in [2.05, 4.69) is 30.1 Å². The normalized spacial score (nSPS) is 12.9. The van der Waals surface area contributed by atoms with E-state index in [-0.39, 0.29) is 6.04 Å². The van der Waals surface area contributed by atoms with E-state index < -0.39 is 0 Å². The Labute approximate surface area is 101 Å². The van der Waals surface area contributed by atoms with E-state index in [9.17, 15) is 0 Å². The summed E-state index contributed by atoms with van der Waals surface area (Å²) < 4.78 is 3.74. The Balaban J connectivity index is 2.29. The van der Waals surface area contributed by atoms with Crippen LogP contribution >= 0.6 is 0 Å². The quantitative estimate of drug-likeness (QED) is 0.864. The molecule has 2 N–H and O–H groups in total. The summed E-state index contributed by atoms with van der Waals surface area (Å²) in [5.41, 5.74) is 9.36. The van der Waals surface area contributed by atoms with Crippen molar-refractivity contribution in [2.75, 3.05) is 0 Å². The van der Waals surface area contributed by atoms with Crippen LogP contribution < -0.4 is 5.73 Å². The molecule has 1 atom stereocenters. The first kappa shape index (κ1) is 11.9. The number of aromatic nitrogens is 4. The molecule has 92 valence electrons. The molecular weight excluding hydrogens is 214 g/mol. The average Bonchev–Trinajstić information content (AvgIpc) is 2.94. The highest BCUT2D eigenvalue weighted by molar-refractivity contribution is 5.25. The maximum atomic E-state index is 6.24. The molecule has 2 heterocycles. The predicted molar refractivity (Wildman–Crippen MR) is 66.5 cm³/mol. The van der Waals surface area contributed by atoms with Crippen LogP contribution in [-0.2, 0) is 20.0 Å². The third-order valence-corrected chi connectivity index (χ3v) is 2.98. The van der Waals surface area contributed by atoms with Crippen molar-refractivity contribution in [1.82, 2.24) is 19.6 Å². The van der Waals surface area contributed by atoms with Gasteiger partial charge in [-0.05, 0) is 19.4 Å². The van der Waals surface area contributed by atoms with Gasteiger partial charge in [-0.15, -0.1) is 0 Å². The zero-order valence-electron chi connectivity index (χ0n) is 10.6. The van der Waals surface area contributed by atoms with Crippen LogP contribution in [0.1, 0.15) is 36.8 Å². The van der Waals surface area contributed by atoms with Crippen LogP contribution in [-0.4, -0.2) is 19.6 Å². The maximum absolute atomic E-state index is 6.24. The molecule has 0 saturated heterocycles. The number of hydrogen-bond acceptors (Lipinski definition) is 3. The molecule has 0 aliphatic heterocycles. The van der Waals surface area contributed by atoms with E-state index in [1.165, 1.54) is 0 Å². The van der Waals surface area contributed by atoms with Crippen LogP contribution in [0.2, 0.25) is 0 Å². The van der Waals surface area contributed by atoms with Gasteiger partial charge in [-0.25, -0.2) is 0 Å². The molecule has 0 aliphatic rings. The zero-order chi connectivity index (χ0) is 12.4. The fourth-order valence-corrected chi connectivity index (χ4v) is 1.89. The number of hydrogen-bond donors (Lipinski definition) is 1. The van der Waals surface area contributed by atoms with E-state index in [1.807, 2.05) is 28.8 Å². The zero-order valence-corrected chi connectivity index (χ0v) is 10.6. The molecule has 2 aromatic rings. The molecule has 0 spiro atoms. The van der Waals surface area contributed by atoms with Crippen LogP contribution in [0.3, 0.4) is 0 Å². The third kappa shape index (κ3) is 2.24. The molecule has 0 saturated carbocycles. The molecule has 0 radical (unpaired) electrons. The highest BCUT2D eigenvalue weighted by Crippen LogP contribution is 2.19. The molecule has 0 bridgehead atoms. The van der Waals surface area contributed by atoms with Gasteiger partial charge in [0.05, 0.1) is 23.6 Å². The minimum Gasteiger partial charge on any atom is -0.319 e. The van der Waals surface area contributed by atoms with Gasteiger partial charge in [0.15, 0.2) is 0 Å². The summed E-state index contributed by atoms with van der Waals surface area (Å²) in [5.74, 6) is 0. The highest BCUT2D eigenvalue weighted by atomic mass is 15.3. The van der Waals surface area contributed by atoms with E-state index in [0.29, 0.717) is 0 Å². The summed E-state index contributed by atoms with van der Waals surface area (Å²) in [6.45, 7) is 5.01. The topological polar surface area (TPSA) is 61.7 Å². The summed E-state index contributed by atoms with van der Waals surface area (Å²) in [6.07, 6.45) is 4.74. The van der Waals surface area contributed by atoms with Gasteiger partial charge in [0.2, 0.25) is 0 Å². The van der Waals surface area contributed by atoms with Gasteiger partial charge in [-0.3, -0.25) is 9.36 Å². The largest absolute Gasteiger partial charge is 0.319 e. The Morgan fingerprint density at radius 2 is 2.18 bits per heavy atom. The lowest BCUT2D eigenvalue weighted by molar-refractivity contribution is 0.652. The Kier molecular flexibility index (Phi) is 3.28. The number of nitrogens with two attached hydrogens (primary N) is 1. The lowest BCUT2D eigenvalue weighted by atomic mass is 10.1. The van der Waals surface area contributed by atoms with Crippen LogP contribution in [0, 0.1) is 0 Å². The van der Waals surface area contributed by atoms with E-state index in [0.717, 1.165) is 29.9 Å². The number of rotatable bonds is 4. The molecule has 2 aromatic heterocycles. The van der Waals surface area contributed by atoms with Crippen molar-refractivity contribution >= 4 is 0 Å². The van der Waals surface area contributed by atoms with Gasteiger partial charge < -0.3 is 5.73 Å². The first-order valence-corrected chi connectivity index (χ1v) is 5.96. The van der Waals surface area contributed by atoms with Crippen LogP contribution in [0.25, 0.3) is 0 Å². The van der Waals surface area contributed by atoms with E-state index >= 15 is 0 Å². The molecule has 1 unspecified atom stereocenters. The van der Waals surface area contributed by atoms with E-state index in [1.54, 1.807) is 0 Å². The second-order valence-electron chi connectivity index (χ2n) is 4.14. The molecule has 5 heteroatoms. The molecule has 0 aliphatic carbocycles. The van der Waals surface area contributed by atoms with Crippen molar-refractivity contribution in [2.45, 2.75) is 32.9 Å². The average molecular weight is 233 g/mol. The van der Waals surface area contributed by atoms with Crippen molar-refractivity contribution in [2.24, 2.45) is 12.8 Å². The van der Waals surface area contributed by atoms with E-state index in [4.69, 9.17) is 5.73 Å². The number of aryl methyl sites for hydroxylation is 3. The van der Waals surface area contributed by atoms with Gasteiger partial charge in [0, 0.05) is 25.4 Å². The predicted octanol–water partition coefficient (Wildman–Crippen LogP) is 1.25. The fraction of sp³-hybridized carbons (Fsp3) is 0.500. The summed E-state index contributed by atoms with van der Waals surface area (Å²) in [4.78, 5) is 0. The van der Waals surface area contributed by atoms with Gasteiger partial charge in [-0.2, -0.15) is 10.2 Å². The molecule has 5 nitrogen and oxygen atoms in total. The standard InChI is InChI=1S/C12H19N5/c1-4-10-6-11(16(3)15-10)12(13)9-7-14-17(5-2)8-9/h6-8,12H,4-5,13H2,1-3H3. The van der Waals surface area contributed by atoms with Crippen LogP contribution in [0.4, 0.5) is 0 Å². The van der Waals surface area contributed by atoms with Crippen LogP contribution in [0.5, 0.6) is 0 Å². The lowest BCUT2D eigenvalue weighted by Crippen LogP contribution is -2.15. The van der Waals surface area contributed by atoms with Crippen LogP contribution in [0.15, 0.2) is 18.5 Å². The molecule has 17 heavy (non-hydrogen) atoms. The summed E-state index contributed by atoms with van der Waals surface area (Å²) in [5, 5.41) is 8.66. The first-order valence-electron chi connectivity index (χ1n) is 5.96. The maximum Gasteiger partial charge on any atom is 0.0754 e. The molecule has 0 fully saturated rings. The highest BCUT2D eigenvalue weighted by Gasteiger charge is 2.15. The fourth-order valence-electron chi connectivity index (χ4n) is 1.89. The lowest BCUT2D eigenvalue weighted by Gasteiger charge is -2.09. The smallest absolute Gasteiger partial charge is 0.0754 e. The summed E-state index contributed by atoms with van der Waals surface area (Å²) >= 11 is 0. The number of nitrogens with zero attached hydrogens (tertiary/aromatic N) is 4. The summed E-state index contributed by atoms with van der Waals surface area (Å²) in [6, 6.07) is 1.90. The van der Waals surface area contributed by atoms with Gasteiger partial charge >= 0.3 is 0 Å². The van der Waals surface area contributed by atoms with Gasteiger partial charge in [-0.1, -0.05) is 6.92 Å². The Bertz CT molecular complexity index is 497. The Morgan fingerprint density at radius 3 is 2.71 bits per heavy atom. The van der Waals surface area contributed by atoms with Crippen molar-refractivity contribution in [1.29, 1.82) is 0 Å². The van der Waals surface area contributed by atoms with Crippen molar-refractivity contribution in [3.63, 3.8) is 0 Å². The monoisotopic (exact) mass is 233 g/mol. The Hall–Kier alpha value is -1.62. The van der Waals surface area contributed by atoms with Crippen molar-refractivity contribution in [3.05, 3.63) is 35.4 Å². The third-order valence-electron chi connectivity index (χ3n) is 2.98. The summed E-state index contributed by atoms with van der Waals surface area (Å²) in [7, 11) is 1.93. The molecule has 0 aromatic carbocycles. The second-order valence-corrected chi connectivity index (χ2v) is 4.14. The first-order chi connectivity index (χ1) is 8.15. The van der Waals surface area contributed by atoms with Gasteiger partial charge in [0.25, 0.3) is 0 Å². The minimum atomic E-state index is -0.159. The minimum absolute atomic E-state index is 0.159. The van der Waals surface area contributed by atoms with Crippen molar-refractivity contribution in [3.8, 4) is 0 Å².